The molecule has 0 saturated carbocycles. The molecule has 3 aromatic heterocycles. The lowest BCUT2D eigenvalue weighted by molar-refractivity contribution is 0.180. The monoisotopic (exact) mass is 342 g/mol. The largest absolute Gasteiger partial charge is 0.465 e. The second-order valence-corrected chi connectivity index (χ2v) is 6.34. The van der Waals surface area contributed by atoms with Crippen molar-refractivity contribution < 1.29 is 13.6 Å². The van der Waals surface area contributed by atoms with Crippen LogP contribution in [-0.4, -0.2) is 39.9 Å². The van der Waals surface area contributed by atoms with E-state index in [9.17, 15) is 0 Å². The summed E-state index contributed by atoms with van der Waals surface area (Å²) in [5.41, 5.74) is 4.17. The molecule has 1 aliphatic rings. The van der Waals surface area contributed by atoms with E-state index in [4.69, 9.17) is 18.7 Å². The molecule has 4 rings (SSSR count). The molecule has 7 heteroatoms. The molecule has 0 bridgehead atoms. The third-order valence-corrected chi connectivity index (χ3v) is 4.57. The van der Waals surface area contributed by atoms with Gasteiger partial charge in [-0.15, -0.1) is 0 Å². The Kier molecular flexibility index (Phi) is 4.42. The van der Waals surface area contributed by atoms with E-state index in [2.05, 4.69) is 14.6 Å². The summed E-state index contributed by atoms with van der Waals surface area (Å²) >= 11 is 0. The fourth-order valence-corrected chi connectivity index (χ4v) is 3.37. The quantitative estimate of drug-likeness (QED) is 0.686. The highest BCUT2D eigenvalue weighted by molar-refractivity contribution is 5.59. The van der Waals surface area contributed by atoms with Crippen LogP contribution in [0.5, 0.6) is 0 Å². The molecule has 0 N–H and O–H groups in total. The van der Waals surface area contributed by atoms with Crippen LogP contribution < -0.4 is 0 Å². The number of ether oxygens (including phenoxy) is 1. The first-order valence-electron chi connectivity index (χ1n) is 8.48. The summed E-state index contributed by atoms with van der Waals surface area (Å²) < 4.78 is 18.2. The molecule has 0 aliphatic carbocycles. The van der Waals surface area contributed by atoms with E-state index in [1.54, 1.807) is 13.4 Å². The SMILES string of the molecule is COCCn1nc(-c2cocn2)c2c1CCN(Cc1ccc(C)o1)C2. The zero-order valence-electron chi connectivity index (χ0n) is 14.6. The average Bonchev–Trinajstić information content (AvgIpc) is 3.33. The minimum atomic E-state index is 0.641. The van der Waals surface area contributed by atoms with E-state index in [0.29, 0.717) is 6.61 Å². The van der Waals surface area contributed by atoms with Gasteiger partial charge in [-0.2, -0.15) is 5.10 Å². The Bertz CT molecular complexity index is 835. The summed E-state index contributed by atoms with van der Waals surface area (Å²) in [5, 5.41) is 4.78. The molecule has 0 unspecified atom stereocenters. The zero-order valence-corrected chi connectivity index (χ0v) is 14.6. The predicted molar refractivity (Wildman–Crippen MR) is 90.9 cm³/mol. The van der Waals surface area contributed by atoms with Gasteiger partial charge in [0.25, 0.3) is 0 Å². The van der Waals surface area contributed by atoms with Crippen molar-refractivity contribution in [1.82, 2.24) is 19.7 Å². The van der Waals surface area contributed by atoms with Gasteiger partial charge >= 0.3 is 0 Å². The van der Waals surface area contributed by atoms with Crippen LogP contribution in [0, 0.1) is 6.92 Å². The van der Waals surface area contributed by atoms with Gasteiger partial charge in [0.05, 0.1) is 19.7 Å². The van der Waals surface area contributed by atoms with Crippen molar-refractivity contribution in [3.8, 4) is 11.4 Å². The summed E-state index contributed by atoms with van der Waals surface area (Å²) in [6.45, 7) is 5.96. The number of oxazole rings is 1. The van der Waals surface area contributed by atoms with E-state index < -0.39 is 0 Å². The van der Waals surface area contributed by atoms with Gasteiger partial charge in [-0.05, 0) is 19.1 Å². The molecule has 3 aromatic rings. The lowest BCUT2D eigenvalue weighted by Crippen LogP contribution is -2.31. The van der Waals surface area contributed by atoms with Crippen molar-refractivity contribution in [1.29, 1.82) is 0 Å². The van der Waals surface area contributed by atoms with Crippen molar-refractivity contribution in [3.05, 3.63) is 47.6 Å². The number of aryl methyl sites for hydroxylation is 1. The molecule has 1 aliphatic heterocycles. The van der Waals surface area contributed by atoms with Gasteiger partial charge in [-0.3, -0.25) is 9.58 Å². The molecular weight excluding hydrogens is 320 g/mol. The van der Waals surface area contributed by atoms with Gasteiger partial charge < -0.3 is 13.6 Å². The molecule has 0 amide bonds. The molecule has 0 radical (unpaired) electrons. The Morgan fingerprint density at radius 1 is 1.32 bits per heavy atom. The molecule has 0 fully saturated rings. The Labute approximate surface area is 146 Å². The second kappa shape index (κ2) is 6.85. The van der Waals surface area contributed by atoms with Crippen LogP contribution in [0.1, 0.15) is 22.8 Å². The van der Waals surface area contributed by atoms with Crippen molar-refractivity contribution >= 4 is 0 Å². The molecule has 0 aromatic carbocycles. The zero-order chi connectivity index (χ0) is 17.2. The van der Waals surface area contributed by atoms with Crippen LogP contribution in [0.4, 0.5) is 0 Å². The summed E-state index contributed by atoms with van der Waals surface area (Å²) in [6, 6.07) is 4.06. The maximum atomic E-state index is 5.73. The van der Waals surface area contributed by atoms with E-state index in [1.807, 2.05) is 19.1 Å². The van der Waals surface area contributed by atoms with Gasteiger partial charge in [0, 0.05) is 37.9 Å². The number of furan rings is 1. The first-order chi connectivity index (χ1) is 12.2. The number of hydrogen-bond acceptors (Lipinski definition) is 6. The summed E-state index contributed by atoms with van der Waals surface area (Å²) in [7, 11) is 1.71. The van der Waals surface area contributed by atoms with E-state index in [-0.39, 0.29) is 0 Å². The standard InChI is InChI=1S/C18H22N4O3/c1-13-3-4-14(25-13)9-21-6-5-17-15(10-21)18(16-11-24-12-19-16)20-22(17)7-8-23-2/h3-4,11-12H,5-10H2,1-2H3. The smallest absolute Gasteiger partial charge is 0.181 e. The molecule has 132 valence electrons. The number of hydrogen-bond donors (Lipinski definition) is 0. The van der Waals surface area contributed by atoms with Gasteiger partial charge in [-0.25, -0.2) is 4.98 Å². The first-order valence-corrected chi connectivity index (χ1v) is 8.48. The van der Waals surface area contributed by atoms with Crippen LogP contribution >= 0.6 is 0 Å². The first kappa shape index (κ1) is 16.1. The molecule has 7 nitrogen and oxygen atoms in total. The van der Waals surface area contributed by atoms with Gasteiger partial charge in [0.15, 0.2) is 6.39 Å². The van der Waals surface area contributed by atoms with Crippen molar-refractivity contribution in [3.63, 3.8) is 0 Å². The Hall–Kier alpha value is -2.38. The van der Waals surface area contributed by atoms with Gasteiger partial charge in [0.2, 0.25) is 0 Å². The van der Waals surface area contributed by atoms with E-state index >= 15 is 0 Å². The van der Waals surface area contributed by atoms with Crippen molar-refractivity contribution in [2.24, 2.45) is 0 Å². The van der Waals surface area contributed by atoms with Crippen LogP contribution in [-0.2, 0) is 30.8 Å². The number of aromatic nitrogens is 3. The van der Waals surface area contributed by atoms with Gasteiger partial charge in [-0.1, -0.05) is 0 Å². The van der Waals surface area contributed by atoms with Crippen molar-refractivity contribution in [2.75, 3.05) is 20.3 Å². The lowest BCUT2D eigenvalue weighted by Gasteiger charge is -2.26. The predicted octanol–water partition coefficient (Wildman–Crippen LogP) is 2.64. The number of methoxy groups -OCH3 is 1. The highest BCUT2D eigenvalue weighted by atomic mass is 16.5. The molecule has 25 heavy (non-hydrogen) atoms. The Morgan fingerprint density at radius 3 is 2.96 bits per heavy atom. The van der Waals surface area contributed by atoms with E-state index in [1.165, 1.54) is 17.7 Å². The van der Waals surface area contributed by atoms with Crippen molar-refractivity contribution in [2.45, 2.75) is 33.0 Å². The minimum absolute atomic E-state index is 0.641. The number of rotatable bonds is 6. The molecule has 0 atom stereocenters. The third kappa shape index (κ3) is 3.25. The highest BCUT2D eigenvalue weighted by Gasteiger charge is 2.27. The second-order valence-electron chi connectivity index (χ2n) is 6.34. The van der Waals surface area contributed by atoms with Crippen LogP contribution in [0.25, 0.3) is 11.4 Å². The summed E-state index contributed by atoms with van der Waals surface area (Å²) in [4.78, 5) is 6.67. The molecular formula is C18H22N4O3. The topological polar surface area (TPSA) is 69.5 Å². The summed E-state index contributed by atoms with van der Waals surface area (Å²) in [5.74, 6) is 1.94. The Morgan fingerprint density at radius 2 is 2.24 bits per heavy atom. The minimum Gasteiger partial charge on any atom is -0.465 e. The average molecular weight is 342 g/mol. The van der Waals surface area contributed by atoms with Crippen LogP contribution in [0.2, 0.25) is 0 Å². The highest BCUT2D eigenvalue weighted by Crippen LogP contribution is 2.30. The third-order valence-electron chi connectivity index (χ3n) is 4.57. The number of fused-ring (bicyclic) bond motifs is 1. The van der Waals surface area contributed by atoms with Crippen LogP contribution in [0.3, 0.4) is 0 Å². The maximum Gasteiger partial charge on any atom is 0.181 e. The molecule has 0 saturated heterocycles. The number of nitrogens with zero attached hydrogens (tertiary/aromatic N) is 4. The van der Waals surface area contributed by atoms with Gasteiger partial charge in [0.1, 0.15) is 29.2 Å². The molecule has 0 spiro atoms. The maximum absolute atomic E-state index is 5.73. The fraction of sp³-hybridized carbons (Fsp3) is 0.444. The van der Waals surface area contributed by atoms with Crippen LogP contribution in [0.15, 0.2) is 33.6 Å². The molecule has 4 heterocycles. The fourth-order valence-electron chi connectivity index (χ4n) is 3.37. The van der Waals surface area contributed by atoms with E-state index in [0.717, 1.165) is 55.5 Å². The lowest BCUT2D eigenvalue weighted by atomic mass is 10.0. The summed E-state index contributed by atoms with van der Waals surface area (Å²) in [6.07, 6.45) is 4.05. The Balaban J connectivity index is 1.61. The normalized spacial score (nSPS) is 14.8.